The second-order valence-corrected chi connectivity index (χ2v) is 8.36. The molecule has 0 radical (unpaired) electrons. The van der Waals surface area contributed by atoms with E-state index in [-0.39, 0.29) is 6.04 Å². The summed E-state index contributed by atoms with van der Waals surface area (Å²) in [5.74, 6) is 1.15. The van der Waals surface area contributed by atoms with E-state index in [9.17, 15) is 0 Å². The Hall–Kier alpha value is -2.51. The first kappa shape index (κ1) is 19.8. The zero-order chi connectivity index (χ0) is 20.4. The number of nitrogens with zero attached hydrogens (tertiary/aromatic N) is 3. The van der Waals surface area contributed by atoms with Crippen LogP contribution in [0.4, 0.5) is 0 Å². The molecule has 4 rings (SSSR count). The molecule has 7 heteroatoms. The van der Waals surface area contributed by atoms with Gasteiger partial charge in [0.2, 0.25) is 5.82 Å². The maximum absolute atomic E-state index is 5.73. The fourth-order valence-corrected chi connectivity index (χ4v) is 4.58. The number of aryl methyl sites for hydroxylation is 1. The Morgan fingerprint density at radius 3 is 2.66 bits per heavy atom. The van der Waals surface area contributed by atoms with Crippen LogP contribution >= 0.6 is 23.6 Å². The number of allylic oxidation sites excluding steroid dienone is 1. The van der Waals surface area contributed by atoms with E-state index in [1.807, 2.05) is 17.5 Å². The van der Waals surface area contributed by atoms with Crippen molar-refractivity contribution in [2.45, 2.75) is 39.7 Å². The van der Waals surface area contributed by atoms with Gasteiger partial charge in [0.15, 0.2) is 5.11 Å². The second-order valence-electron chi connectivity index (χ2n) is 7.03. The molecule has 0 bridgehead atoms. The van der Waals surface area contributed by atoms with E-state index in [4.69, 9.17) is 21.7 Å². The summed E-state index contributed by atoms with van der Waals surface area (Å²) in [5, 5.41) is 10.5. The lowest BCUT2D eigenvalue weighted by Gasteiger charge is -2.37. The van der Waals surface area contributed by atoms with Crippen LogP contribution in [0.15, 0.2) is 52.0 Å². The molecule has 1 aliphatic rings. The van der Waals surface area contributed by atoms with Crippen molar-refractivity contribution in [1.82, 2.24) is 20.4 Å². The Bertz CT molecular complexity index is 1020. The number of hydrogen-bond donors (Lipinski definition) is 1. The largest absolute Gasteiger partial charge is 0.351 e. The molecular weight excluding hydrogens is 400 g/mol. The molecule has 1 N–H and O–H groups in total. The molecule has 1 aliphatic heterocycles. The van der Waals surface area contributed by atoms with Gasteiger partial charge in [0.25, 0.3) is 5.89 Å². The minimum absolute atomic E-state index is 0.127. The van der Waals surface area contributed by atoms with Crippen molar-refractivity contribution in [1.29, 1.82) is 0 Å². The van der Waals surface area contributed by atoms with Gasteiger partial charge in [-0.25, -0.2) is 0 Å². The summed E-state index contributed by atoms with van der Waals surface area (Å²) >= 11 is 7.28. The molecule has 0 aliphatic carbocycles. The summed E-state index contributed by atoms with van der Waals surface area (Å²) < 4.78 is 5.73. The van der Waals surface area contributed by atoms with Gasteiger partial charge in [0.1, 0.15) is 0 Å². The van der Waals surface area contributed by atoms with Crippen LogP contribution in [0, 0.1) is 0 Å². The molecule has 1 unspecified atom stereocenters. The normalized spacial score (nSPS) is 17.0. The maximum atomic E-state index is 5.73. The topological polar surface area (TPSA) is 54.2 Å². The number of thiocarbonyl (C=S) groups is 1. The first-order valence-electron chi connectivity index (χ1n) is 9.88. The molecule has 0 saturated heterocycles. The van der Waals surface area contributed by atoms with Crippen LogP contribution in [0.3, 0.4) is 0 Å². The van der Waals surface area contributed by atoms with Gasteiger partial charge >= 0.3 is 0 Å². The Labute approximate surface area is 180 Å². The fraction of sp³-hybridized carbons (Fsp3) is 0.318. The van der Waals surface area contributed by atoms with Crippen molar-refractivity contribution >= 4 is 34.2 Å². The van der Waals surface area contributed by atoms with E-state index in [0.29, 0.717) is 11.7 Å². The Kier molecular flexibility index (Phi) is 5.78. The third-order valence-electron chi connectivity index (χ3n) is 5.16. The third kappa shape index (κ3) is 3.84. The van der Waals surface area contributed by atoms with Crippen LogP contribution in [0.25, 0.3) is 16.3 Å². The molecule has 1 atom stereocenters. The monoisotopic (exact) mass is 424 g/mol. The van der Waals surface area contributed by atoms with Gasteiger partial charge < -0.3 is 14.7 Å². The lowest BCUT2D eigenvalue weighted by molar-refractivity contribution is 0.396. The summed E-state index contributed by atoms with van der Waals surface area (Å²) in [6.07, 6.45) is 2.00. The summed E-state index contributed by atoms with van der Waals surface area (Å²) in [6, 6.07) is 12.5. The predicted molar refractivity (Wildman–Crippen MR) is 121 cm³/mol. The maximum Gasteiger partial charge on any atom is 0.258 e. The average Bonchev–Trinajstić information content (AvgIpc) is 3.42. The zero-order valence-corrected chi connectivity index (χ0v) is 18.4. The number of aromatic nitrogens is 2. The number of benzene rings is 1. The predicted octanol–water partition coefficient (Wildman–Crippen LogP) is 5.43. The summed E-state index contributed by atoms with van der Waals surface area (Å²) in [6.45, 7) is 7.23. The van der Waals surface area contributed by atoms with Gasteiger partial charge in [-0.05, 0) is 54.6 Å². The van der Waals surface area contributed by atoms with Crippen molar-refractivity contribution < 1.29 is 4.52 Å². The van der Waals surface area contributed by atoms with Gasteiger partial charge in [0, 0.05) is 12.2 Å². The summed E-state index contributed by atoms with van der Waals surface area (Å²) in [5.41, 5.74) is 4.47. The molecule has 0 spiro atoms. The minimum atomic E-state index is -0.127. The molecular formula is C22H24N4OS2. The molecule has 150 valence electrons. The van der Waals surface area contributed by atoms with Crippen molar-refractivity contribution in [3.8, 4) is 10.7 Å². The van der Waals surface area contributed by atoms with E-state index >= 15 is 0 Å². The van der Waals surface area contributed by atoms with Gasteiger partial charge in [-0.3, -0.25) is 0 Å². The Morgan fingerprint density at radius 2 is 2.00 bits per heavy atom. The van der Waals surface area contributed by atoms with Crippen LogP contribution < -0.4 is 5.32 Å². The van der Waals surface area contributed by atoms with Crippen LogP contribution in [0.1, 0.15) is 50.3 Å². The highest BCUT2D eigenvalue weighted by Gasteiger charge is 2.33. The van der Waals surface area contributed by atoms with Crippen molar-refractivity contribution in [2.75, 3.05) is 6.54 Å². The Balaban J connectivity index is 1.80. The molecule has 3 aromatic rings. The number of rotatable bonds is 6. The number of nitrogens with one attached hydrogen (secondary N) is 1. The highest BCUT2D eigenvalue weighted by molar-refractivity contribution is 7.80. The van der Waals surface area contributed by atoms with E-state index < -0.39 is 0 Å². The molecule has 0 amide bonds. The Morgan fingerprint density at radius 1 is 1.21 bits per heavy atom. The van der Waals surface area contributed by atoms with E-state index in [1.165, 1.54) is 5.56 Å². The van der Waals surface area contributed by atoms with Gasteiger partial charge in [-0.2, -0.15) is 4.98 Å². The van der Waals surface area contributed by atoms with E-state index in [1.54, 1.807) is 11.3 Å². The highest BCUT2D eigenvalue weighted by Crippen LogP contribution is 2.37. The SMILES string of the molecule is CCCN1C(=S)NC(c2ccc(CC)cc2)C(c2nc(-c3cccs3)no2)=C1C. The van der Waals surface area contributed by atoms with Crippen LogP contribution in [0.5, 0.6) is 0 Å². The zero-order valence-electron chi connectivity index (χ0n) is 16.8. The first-order chi connectivity index (χ1) is 14.1. The summed E-state index contributed by atoms with van der Waals surface area (Å²) in [7, 11) is 0. The third-order valence-corrected chi connectivity index (χ3v) is 6.37. The van der Waals surface area contributed by atoms with E-state index in [2.05, 4.69) is 60.4 Å². The molecule has 2 aromatic heterocycles. The van der Waals surface area contributed by atoms with Crippen LogP contribution in [-0.4, -0.2) is 26.7 Å². The molecule has 0 saturated carbocycles. The summed E-state index contributed by atoms with van der Waals surface area (Å²) in [4.78, 5) is 7.83. The molecule has 5 nitrogen and oxygen atoms in total. The highest BCUT2D eigenvalue weighted by atomic mass is 32.1. The van der Waals surface area contributed by atoms with Gasteiger partial charge in [0.05, 0.1) is 16.5 Å². The van der Waals surface area contributed by atoms with Crippen molar-refractivity contribution in [3.05, 3.63) is 64.5 Å². The van der Waals surface area contributed by atoms with Crippen LogP contribution in [0.2, 0.25) is 0 Å². The van der Waals surface area contributed by atoms with Gasteiger partial charge in [-0.15, -0.1) is 11.3 Å². The smallest absolute Gasteiger partial charge is 0.258 e. The van der Waals surface area contributed by atoms with Gasteiger partial charge in [-0.1, -0.05) is 49.3 Å². The number of thiophene rings is 1. The molecule has 29 heavy (non-hydrogen) atoms. The number of hydrogen-bond acceptors (Lipinski definition) is 5. The quantitative estimate of drug-likeness (QED) is 0.532. The molecule has 0 fully saturated rings. The van der Waals surface area contributed by atoms with Crippen molar-refractivity contribution in [3.63, 3.8) is 0 Å². The second kappa shape index (κ2) is 8.47. The lowest BCUT2D eigenvalue weighted by Crippen LogP contribution is -2.46. The first-order valence-corrected chi connectivity index (χ1v) is 11.2. The molecule has 1 aromatic carbocycles. The lowest BCUT2D eigenvalue weighted by atomic mass is 9.94. The van der Waals surface area contributed by atoms with Crippen LogP contribution in [-0.2, 0) is 6.42 Å². The average molecular weight is 425 g/mol. The molecule has 3 heterocycles. The minimum Gasteiger partial charge on any atom is -0.351 e. The van der Waals surface area contributed by atoms with E-state index in [0.717, 1.165) is 46.2 Å². The van der Waals surface area contributed by atoms with Crippen molar-refractivity contribution in [2.24, 2.45) is 0 Å². The fourth-order valence-electron chi connectivity index (χ4n) is 3.59. The standard InChI is InChI=1S/C22H24N4OS2/c1-4-12-26-14(3)18(21-24-20(25-27-21)17-7-6-13-29-17)19(23-22(26)28)16-10-8-15(5-2)9-11-16/h6-11,13,19H,4-5,12H2,1-3H3,(H,23,28).